The van der Waals surface area contributed by atoms with E-state index in [9.17, 15) is 24.0 Å². The van der Waals surface area contributed by atoms with Gasteiger partial charge >= 0.3 is 29.8 Å². The summed E-state index contributed by atoms with van der Waals surface area (Å²) in [4.78, 5) is 49.5. The lowest BCUT2D eigenvalue weighted by molar-refractivity contribution is -0.137. The fourth-order valence-electron chi connectivity index (χ4n) is 2.00. The van der Waals surface area contributed by atoms with E-state index in [1.807, 2.05) is 34.6 Å². The molecule has 0 aliphatic carbocycles. The van der Waals surface area contributed by atoms with Gasteiger partial charge in [0.05, 0.1) is 32.1 Å². The van der Waals surface area contributed by atoms with E-state index in [1.165, 1.54) is 0 Å². The molecule has 10 heteroatoms. The lowest BCUT2D eigenvalue weighted by atomic mass is 10.3. The summed E-state index contributed by atoms with van der Waals surface area (Å²) in [5.74, 6) is 23.9. The maximum Gasteiger partial charge on any atom is 0.304 e. The molecule has 0 saturated carbocycles. The molecule has 46 heavy (non-hydrogen) atoms. The Hall–Kier alpha value is -4.85. The van der Waals surface area contributed by atoms with Crippen LogP contribution in [0.3, 0.4) is 0 Å². The maximum atomic E-state index is 9.96. The number of carboxylic acid groups (broad SMARTS) is 5. The van der Waals surface area contributed by atoms with E-state index in [-0.39, 0.29) is 32.1 Å². The van der Waals surface area contributed by atoms with Crippen molar-refractivity contribution in [2.24, 2.45) is 0 Å². The maximum absolute atomic E-state index is 9.96. The van der Waals surface area contributed by atoms with Crippen LogP contribution in [0.15, 0.2) is 0 Å². The second kappa shape index (κ2) is 47.1. The van der Waals surface area contributed by atoms with Gasteiger partial charge in [-0.3, -0.25) is 24.0 Å². The molecule has 0 aliphatic rings. The molecule has 0 saturated heterocycles. The van der Waals surface area contributed by atoms with Crippen LogP contribution in [0.25, 0.3) is 0 Å². The second-order valence-electron chi connectivity index (χ2n) is 8.40. The molecule has 0 unspecified atom stereocenters. The van der Waals surface area contributed by atoms with Gasteiger partial charge in [0.15, 0.2) is 0 Å². The molecule has 256 valence electrons. The predicted octanol–water partition coefficient (Wildman–Crippen LogP) is 6.71. The van der Waals surface area contributed by atoms with Crippen LogP contribution >= 0.6 is 0 Å². The van der Waals surface area contributed by atoms with Crippen molar-refractivity contribution in [1.29, 1.82) is 0 Å². The highest BCUT2D eigenvalue weighted by Crippen LogP contribution is 1.88. The van der Waals surface area contributed by atoms with Crippen LogP contribution in [0.5, 0.6) is 0 Å². The van der Waals surface area contributed by atoms with Gasteiger partial charge in [0, 0.05) is 64.2 Å². The van der Waals surface area contributed by atoms with Crippen molar-refractivity contribution in [2.75, 3.05) is 0 Å². The summed E-state index contributed by atoms with van der Waals surface area (Å²) in [5, 5.41) is 40.8. The molecule has 0 heterocycles. The monoisotopic (exact) mass is 644 g/mol. The molecule has 0 amide bonds. The molecule has 0 aromatic rings. The summed E-state index contributed by atoms with van der Waals surface area (Å²) >= 11 is 0. The van der Waals surface area contributed by atoms with Crippen molar-refractivity contribution in [3.05, 3.63) is 0 Å². The minimum Gasteiger partial charge on any atom is -0.481 e. The summed E-state index contributed by atoms with van der Waals surface area (Å²) in [7, 11) is 0. The highest BCUT2D eigenvalue weighted by Gasteiger charge is 1.92. The Balaban J connectivity index is -0.000000152. The first kappa shape index (κ1) is 50.8. The van der Waals surface area contributed by atoms with Crippen LogP contribution in [-0.2, 0) is 24.0 Å². The van der Waals surface area contributed by atoms with Crippen LogP contribution in [0.2, 0.25) is 0 Å². The largest absolute Gasteiger partial charge is 0.481 e. The molecule has 0 aliphatic heterocycles. The van der Waals surface area contributed by atoms with Gasteiger partial charge in [-0.2, -0.15) is 0 Å². The standard InChI is InChI=1S/C8H12O2.4C7H10O2/c1-2-3-4-5-6-7-8(9)10;4*1-2-3-4-5-6-7(8)9/h2-3,6-7H2,1H3,(H,9,10);4*2,5-6H2,1H3,(H,8,9). The molecular weight excluding hydrogens is 592 g/mol. The number of hydrogen-bond acceptors (Lipinski definition) is 5. The lowest BCUT2D eigenvalue weighted by Crippen LogP contribution is -1.91. The number of hydrogen-bond donors (Lipinski definition) is 5. The molecular formula is C36H52O10. The van der Waals surface area contributed by atoms with E-state index in [2.05, 4.69) is 59.2 Å². The van der Waals surface area contributed by atoms with Gasteiger partial charge in [0.2, 0.25) is 0 Å². The Labute approximate surface area is 275 Å². The lowest BCUT2D eigenvalue weighted by Gasteiger charge is -1.82. The van der Waals surface area contributed by atoms with E-state index >= 15 is 0 Å². The van der Waals surface area contributed by atoms with Crippen LogP contribution in [0.4, 0.5) is 0 Å². The third kappa shape index (κ3) is 83.3. The summed E-state index contributed by atoms with van der Waals surface area (Å²) in [6, 6.07) is 0. The van der Waals surface area contributed by atoms with E-state index < -0.39 is 29.8 Å². The van der Waals surface area contributed by atoms with Gasteiger partial charge in [0.1, 0.15) is 0 Å². The molecule has 0 bridgehead atoms. The molecule has 0 radical (unpaired) electrons. The molecule has 0 fully saturated rings. The highest BCUT2D eigenvalue weighted by atomic mass is 16.4. The van der Waals surface area contributed by atoms with Crippen molar-refractivity contribution in [2.45, 2.75) is 137 Å². The number of aliphatic carboxylic acids is 5. The summed E-state index contributed by atoms with van der Waals surface area (Å²) < 4.78 is 0. The Kier molecular flexibility index (Phi) is 52.0. The van der Waals surface area contributed by atoms with Crippen molar-refractivity contribution in [3.8, 4) is 59.2 Å². The quantitative estimate of drug-likeness (QED) is 0.151. The Bertz CT molecular complexity index is 984. The fraction of sp³-hybridized carbons (Fsp3) is 0.583. The molecule has 10 nitrogen and oxygen atoms in total. The number of carboxylic acids is 5. The van der Waals surface area contributed by atoms with Gasteiger partial charge in [-0.15, -0.1) is 59.2 Å². The van der Waals surface area contributed by atoms with Gasteiger partial charge < -0.3 is 25.5 Å². The number of rotatable bonds is 11. The molecule has 0 aromatic carbocycles. The normalized spacial score (nSPS) is 7.76. The van der Waals surface area contributed by atoms with Crippen molar-refractivity contribution < 1.29 is 49.5 Å². The van der Waals surface area contributed by atoms with Crippen LogP contribution in [0, 0.1) is 59.2 Å². The zero-order valence-corrected chi connectivity index (χ0v) is 28.1. The van der Waals surface area contributed by atoms with Crippen molar-refractivity contribution in [1.82, 2.24) is 0 Å². The molecule has 0 atom stereocenters. The van der Waals surface area contributed by atoms with Crippen LogP contribution < -0.4 is 0 Å². The van der Waals surface area contributed by atoms with Crippen molar-refractivity contribution >= 4 is 29.8 Å². The van der Waals surface area contributed by atoms with Gasteiger partial charge in [-0.25, -0.2) is 0 Å². The number of unbranched alkanes of at least 4 members (excludes halogenated alkanes) is 1. The Morgan fingerprint density at radius 1 is 0.326 bits per heavy atom. The van der Waals surface area contributed by atoms with E-state index in [0.717, 1.165) is 38.5 Å². The molecule has 0 rings (SSSR count). The summed E-state index contributed by atoms with van der Waals surface area (Å²) in [5.41, 5.74) is 0. The van der Waals surface area contributed by atoms with Gasteiger partial charge in [-0.1, -0.05) is 34.6 Å². The second-order valence-corrected chi connectivity index (χ2v) is 8.40. The Morgan fingerprint density at radius 2 is 0.500 bits per heavy atom. The smallest absolute Gasteiger partial charge is 0.304 e. The average molecular weight is 645 g/mol. The van der Waals surface area contributed by atoms with E-state index in [4.69, 9.17) is 25.5 Å². The minimum atomic E-state index is -0.777. The third-order valence-electron chi connectivity index (χ3n) is 4.03. The van der Waals surface area contributed by atoms with Gasteiger partial charge in [-0.05, 0) is 6.42 Å². The van der Waals surface area contributed by atoms with Crippen LogP contribution in [0.1, 0.15) is 137 Å². The topological polar surface area (TPSA) is 186 Å². The van der Waals surface area contributed by atoms with Crippen molar-refractivity contribution in [3.63, 3.8) is 0 Å². The fourth-order valence-corrected chi connectivity index (χ4v) is 2.00. The number of carbonyl (C=O) groups is 5. The first-order chi connectivity index (χ1) is 21.9. The minimum absolute atomic E-state index is 0.160. The summed E-state index contributed by atoms with van der Waals surface area (Å²) in [6.07, 6.45) is 8.32. The molecule has 5 N–H and O–H groups in total. The Morgan fingerprint density at radius 3 is 0.652 bits per heavy atom. The molecule has 0 aromatic heterocycles. The zero-order chi connectivity index (χ0) is 36.3. The first-order valence-corrected chi connectivity index (χ1v) is 15.2. The average Bonchev–Trinajstić information content (AvgIpc) is 2.99. The predicted molar refractivity (Wildman–Crippen MR) is 179 cm³/mol. The zero-order valence-electron chi connectivity index (χ0n) is 28.1. The molecule has 0 spiro atoms. The van der Waals surface area contributed by atoms with E-state index in [0.29, 0.717) is 32.1 Å². The first-order valence-electron chi connectivity index (χ1n) is 15.2. The van der Waals surface area contributed by atoms with E-state index in [1.54, 1.807) is 0 Å². The van der Waals surface area contributed by atoms with Crippen LogP contribution in [-0.4, -0.2) is 55.4 Å². The van der Waals surface area contributed by atoms with Gasteiger partial charge in [0.25, 0.3) is 0 Å². The summed E-state index contributed by atoms with van der Waals surface area (Å²) in [6.45, 7) is 9.80. The third-order valence-corrected chi connectivity index (χ3v) is 4.03. The SMILES string of the molecule is CCC#CCCC(=O)O.CCC#CCCC(=O)O.CCC#CCCC(=O)O.CCC#CCCC(=O)O.CCCC#CCCC(=O)O. The highest BCUT2D eigenvalue weighted by molar-refractivity contribution is 5.68.